The largest absolute Gasteiger partial charge is 0.315 e. The van der Waals surface area contributed by atoms with E-state index in [2.05, 4.69) is 5.32 Å². The van der Waals surface area contributed by atoms with E-state index in [0.717, 1.165) is 0 Å². The van der Waals surface area contributed by atoms with Crippen LogP contribution in [0.4, 0.5) is 0 Å². The van der Waals surface area contributed by atoms with Gasteiger partial charge in [0.05, 0.1) is 11.2 Å². The highest BCUT2D eigenvalue weighted by atomic mass is 32.2. The van der Waals surface area contributed by atoms with Crippen molar-refractivity contribution in [1.29, 1.82) is 0 Å². The molecule has 1 saturated heterocycles. The van der Waals surface area contributed by atoms with Gasteiger partial charge in [0.25, 0.3) is 5.12 Å². The second kappa shape index (κ2) is 2.81. The minimum Gasteiger partial charge on any atom is -0.315 e. The summed E-state index contributed by atoms with van der Waals surface area (Å²) in [6, 6.07) is 0. The highest BCUT2D eigenvalue weighted by Gasteiger charge is 2.38. The second-order valence-corrected chi connectivity index (χ2v) is 5.68. The number of hydrogen-bond donors (Lipinski definition) is 1. The van der Waals surface area contributed by atoms with Crippen LogP contribution in [0, 0.1) is 5.41 Å². The third-order valence-electron chi connectivity index (χ3n) is 1.95. The lowest BCUT2D eigenvalue weighted by atomic mass is 9.96. The molecule has 4 nitrogen and oxygen atoms in total. The molecule has 5 heteroatoms. The van der Waals surface area contributed by atoms with Gasteiger partial charge in [-0.1, -0.05) is 13.8 Å². The Morgan fingerprint density at radius 2 is 2.00 bits per heavy atom. The molecule has 1 rings (SSSR count). The van der Waals surface area contributed by atoms with Crippen molar-refractivity contribution in [2.24, 2.45) is 5.41 Å². The molecular weight excluding hydrogens is 178 g/mol. The molecule has 0 bridgehead atoms. The summed E-state index contributed by atoms with van der Waals surface area (Å²) in [6.07, 6.45) is 0. The Morgan fingerprint density at radius 1 is 1.42 bits per heavy atom. The van der Waals surface area contributed by atoms with Crippen LogP contribution in [0.5, 0.6) is 0 Å². The second-order valence-electron chi connectivity index (χ2n) is 3.67. The van der Waals surface area contributed by atoms with E-state index >= 15 is 0 Å². The van der Waals surface area contributed by atoms with E-state index in [0.29, 0.717) is 13.1 Å². The maximum Gasteiger partial charge on any atom is 0.253 e. The molecule has 1 fully saturated rings. The van der Waals surface area contributed by atoms with Gasteiger partial charge in [-0.05, 0) is 0 Å². The van der Waals surface area contributed by atoms with Gasteiger partial charge in [0, 0.05) is 13.1 Å². The standard InChI is InChI=1S/C7H13NO3S/c1-7(2)5-8-3-4-12(10,11)6(7)9/h8H,3-5H2,1-2H3. The predicted molar refractivity (Wildman–Crippen MR) is 45.4 cm³/mol. The predicted octanol–water partition coefficient (Wildman–Crippen LogP) is -0.443. The number of carbonyl (C=O) groups is 1. The first-order chi connectivity index (χ1) is 5.36. The van der Waals surface area contributed by atoms with Crippen LogP contribution < -0.4 is 5.32 Å². The van der Waals surface area contributed by atoms with Gasteiger partial charge in [0.15, 0.2) is 0 Å². The number of carbonyl (C=O) groups excluding carboxylic acids is 1. The number of rotatable bonds is 0. The average Bonchev–Trinajstić information content (AvgIpc) is 2.02. The summed E-state index contributed by atoms with van der Waals surface area (Å²) in [5.74, 6) is -0.0741. The van der Waals surface area contributed by atoms with Gasteiger partial charge in [-0.15, -0.1) is 0 Å². The van der Waals surface area contributed by atoms with Crippen molar-refractivity contribution in [3.8, 4) is 0 Å². The summed E-state index contributed by atoms with van der Waals surface area (Å²) in [7, 11) is -3.51. The fourth-order valence-electron chi connectivity index (χ4n) is 1.19. The van der Waals surface area contributed by atoms with Gasteiger partial charge >= 0.3 is 0 Å². The Labute approximate surface area is 72.3 Å². The summed E-state index contributed by atoms with van der Waals surface area (Å²) < 4.78 is 22.5. The molecule has 70 valence electrons. The first-order valence-electron chi connectivity index (χ1n) is 3.84. The van der Waals surface area contributed by atoms with Crippen molar-refractivity contribution in [2.75, 3.05) is 18.8 Å². The molecular formula is C7H13NO3S. The maximum absolute atomic E-state index is 11.4. The molecule has 1 heterocycles. The van der Waals surface area contributed by atoms with E-state index < -0.39 is 20.4 Å². The molecule has 1 N–H and O–H groups in total. The van der Waals surface area contributed by atoms with Crippen LogP contribution in [0.25, 0.3) is 0 Å². The Hall–Kier alpha value is -0.420. The van der Waals surface area contributed by atoms with Crippen molar-refractivity contribution in [2.45, 2.75) is 13.8 Å². The van der Waals surface area contributed by atoms with Crippen LogP contribution in [0.3, 0.4) is 0 Å². The minimum atomic E-state index is -3.51. The molecule has 0 aliphatic carbocycles. The van der Waals surface area contributed by atoms with Gasteiger partial charge in [0.2, 0.25) is 9.84 Å². The van der Waals surface area contributed by atoms with Gasteiger partial charge in [0.1, 0.15) is 0 Å². The lowest BCUT2D eigenvalue weighted by Gasteiger charge is -2.18. The number of nitrogens with one attached hydrogen (secondary N) is 1. The quantitative estimate of drug-likeness (QED) is 0.563. The highest BCUT2D eigenvalue weighted by Crippen LogP contribution is 2.20. The van der Waals surface area contributed by atoms with Crippen molar-refractivity contribution in [1.82, 2.24) is 5.32 Å². The zero-order chi connectivity index (χ0) is 9.41. The van der Waals surface area contributed by atoms with E-state index in [4.69, 9.17) is 0 Å². The molecule has 0 aromatic heterocycles. The molecule has 0 spiro atoms. The van der Waals surface area contributed by atoms with Gasteiger partial charge in [-0.2, -0.15) is 0 Å². The summed E-state index contributed by atoms with van der Waals surface area (Å²) in [5.41, 5.74) is -0.782. The van der Waals surface area contributed by atoms with Gasteiger partial charge < -0.3 is 5.32 Å². The van der Waals surface area contributed by atoms with Crippen LogP contribution in [0.15, 0.2) is 0 Å². The lowest BCUT2D eigenvalue weighted by Crippen LogP contribution is -2.35. The molecule has 0 radical (unpaired) electrons. The van der Waals surface area contributed by atoms with Crippen LogP contribution in [0.2, 0.25) is 0 Å². The lowest BCUT2D eigenvalue weighted by molar-refractivity contribution is -0.118. The van der Waals surface area contributed by atoms with Crippen LogP contribution in [-0.4, -0.2) is 32.4 Å². The summed E-state index contributed by atoms with van der Waals surface area (Å²) in [5, 5.41) is 2.28. The Kier molecular flexibility index (Phi) is 2.27. The summed E-state index contributed by atoms with van der Waals surface area (Å²) in [4.78, 5) is 11.4. The zero-order valence-electron chi connectivity index (χ0n) is 7.25. The Balaban J connectivity index is 3.06. The average molecular weight is 191 g/mol. The number of sulfone groups is 1. The molecule has 0 aromatic carbocycles. The van der Waals surface area contributed by atoms with E-state index in [-0.39, 0.29) is 5.75 Å². The van der Waals surface area contributed by atoms with E-state index in [1.807, 2.05) is 0 Å². The van der Waals surface area contributed by atoms with Crippen molar-refractivity contribution >= 4 is 15.0 Å². The van der Waals surface area contributed by atoms with Gasteiger partial charge in [-0.3, -0.25) is 4.79 Å². The minimum absolute atomic E-state index is 0.0741. The summed E-state index contributed by atoms with van der Waals surface area (Å²) in [6.45, 7) is 4.10. The molecule has 0 amide bonds. The first kappa shape index (κ1) is 9.67. The first-order valence-corrected chi connectivity index (χ1v) is 5.49. The smallest absolute Gasteiger partial charge is 0.253 e. The monoisotopic (exact) mass is 191 g/mol. The van der Waals surface area contributed by atoms with Crippen molar-refractivity contribution in [3.63, 3.8) is 0 Å². The molecule has 1 aliphatic heterocycles. The Bertz CT molecular complexity index is 292. The zero-order valence-corrected chi connectivity index (χ0v) is 8.07. The maximum atomic E-state index is 11.4. The fourth-order valence-corrected chi connectivity index (χ4v) is 2.71. The van der Waals surface area contributed by atoms with Crippen LogP contribution in [0.1, 0.15) is 13.8 Å². The van der Waals surface area contributed by atoms with Gasteiger partial charge in [-0.25, -0.2) is 8.42 Å². The molecule has 1 aliphatic rings. The third kappa shape index (κ3) is 1.67. The molecule has 0 saturated carbocycles. The normalized spacial score (nSPS) is 28.0. The molecule has 12 heavy (non-hydrogen) atoms. The molecule has 0 unspecified atom stereocenters. The third-order valence-corrected chi connectivity index (χ3v) is 3.81. The molecule has 0 aromatic rings. The highest BCUT2D eigenvalue weighted by molar-refractivity contribution is 8.06. The Morgan fingerprint density at radius 3 is 2.58 bits per heavy atom. The topological polar surface area (TPSA) is 63.2 Å². The van der Waals surface area contributed by atoms with E-state index in [1.165, 1.54) is 0 Å². The van der Waals surface area contributed by atoms with E-state index in [9.17, 15) is 13.2 Å². The van der Waals surface area contributed by atoms with Crippen LogP contribution >= 0.6 is 0 Å². The summed E-state index contributed by atoms with van der Waals surface area (Å²) >= 11 is 0. The molecule has 0 atom stereocenters. The van der Waals surface area contributed by atoms with Crippen molar-refractivity contribution in [3.05, 3.63) is 0 Å². The van der Waals surface area contributed by atoms with E-state index in [1.54, 1.807) is 13.8 Å². The number of hydrogen-bond acceptors (Lipinski definition) is 4. The van der Waals surface area contributed by atoms with Crippen molar-refractivity contribution < 1.29 is 13.2 Å². The van der Waals surface area contributed by atoms with Crippen LogP contribution in [-0.2, 0) is 14.6 Å². The SMILES string of the molecule is CC1(C)CNCCS(=O)(=O)C1=O. The fraction of sp³-hybridized carbons (Fsp3) is 0.857.